The van der Waals surface area contributed by atoms with Crippen LogP contribution in [0.3, 0.4) is 0 Å². The van der Waals surface area contributed by atoms with Crippen LogP contribution in [0.15, 0.2) is 36.4 Å². The molecule has 0 aliphatic rings. The lowest BCUT2D eigenvalue weighted by Gasteiger charge is -2.10. The van der Waals surface area contributed by atoms with Gasteiger partial charge in [0.15, 0.2) is 0 Å². The number of rotatable bonds is 0. The lowest BCUT2D eigenvalue weighted by Crippen LogP contribution is -2.08. The van der Waals surface area contributed by atoms with Gasteiger partial charge in [-0.2, -0.15) is 26.3 Å². The normalized spacial score (nSPS) is 11.7. The fourth-order valence-corrected chi connectivity index (χ4v) is 1.92. The summed E-state index contributed by atoms with van der Waals surface area (Å²) in [4.78, 5) is 0. The number of alkyl halides is 6. The maximum Gasteiger partial charge on any atom is 0.416 e. The van der Waals surface area contributed by atoms with Crippen molar-refractivity contribution in [2.75, 3.05) is 11.5 Å². The van der Waals surface area contributed by atoms with Crippen molar-refractivity contribution in [3.05, 3.63) is 58.7 Å². The van der Waals surface area contributed by atoms with Crippen LogP contribution in [0.4, 0.5) is 37.7 Å². The van der Waals surface area contributed by atoms with Crippen LogP contribution in [0.5, 0.6) is 0 Å². The minimum Gasteiger partial charge on any atom is -0.399 e. The first kappa shape index (κ1) is 19.7. The molecular weight excluding hydrogens is 334 g/mol. The van der Waals surface area contributed by atoms with Crippen molar-refractivity contribution in [2.45, 2.75) is 26.2 Å². The van der Waals surface area contributed by atoms with Crippen molar-refractivity contribution in [3.8, 4) is 0 Å². The van der Waals surface area contributed by atoms with Crippen LogP contribution in [0.2, 0.25) is 0 Å². The summed E-state index contributed by atoms with van der Waals surface area (Å²) in [5.41, 5.74) is 9.82. The molecule has 0 bridgehead atoms. The number of hydrogen-bond acceptors (Lipinski definition) is 2. The van der Waals surface area contributed by atoms with Gasteiger partial charge in [-0.05, 0) is 49.2 Å². The molecule has 0 amide bonds. The van der Waals surface area contributed by atoms with Crippen molar-refractivity contribution in [1.29, 1.82) is 0 Å². The first-order valence-corrected chi connectivity index (χ1v) is 6.70. The standard InChI is InChI=1S/2C8H8F3N/c2*1-5-6(8(9,10)11)3-2-4-7(5)12/h2*2-4H,12H2,1H3. The highest BCUT2D eigenvalue weighted by Gasteiger charge is 2.33. The van der Waals surface area contributed by atoms with Gasteiger partial charge in [-0.15, -0.1) is 0 Å². The highest BCUT2D eigenvalue weighted by molar-refractivity contribution is 5.51. The molecule has 0 saturated carbocycles. The molecule has 0 heterocycles. The molecule has 4 N–H and O–H groups in total. The van der Waals surface area contributed by atoms with Gasteiger partial charge in [-0.3, -0.25) is 0 Å². The largest absolute Gasteiger partial charge is 0.416 e. The van der Waals surface area contributed by atoms with Crippen molar-refractivity contribution in [2.24, 2.45) is 0 Å². The van der Waals surface area contributed by atoms with Crippen molar-refractivity contribution >= 4 is 11.4 Å². The summed E-state index contributed by atoms with van der Waals surface area (Å²) in [7, 11) is 0. The Labute approximate surface area is 135 Å². The average molecular weight is 350 g/mol. The minimum atomic E-state index is -4.31. The molecule has 8 heteroatoms. The summed E-state index contributed by atoms with van der Waals surface area (Å²) >= 11 is 0. The Morgan fingerprint density at radius 3 is 1.12 bits per heavy atom. The second-order valence-corrected chi connectivity index (χ2v) is 5.04. The molecule has 0 atom stereocenters. The highest BCUT2D eigenvalue weighted by Crippen LogP contribution is 2.34. The Hall–Kier alpha value is -2.38. The van der Waals surface area contributed by atoms with Gasteiger partial charge in [0.1, 0.15) is 0 Å². The fourth-order valence-electron chi connectivity index (χ4n) is 1.92. The van der Waals surface area contributed by atoms with Gasteiger partial charge >= 0.3 is 12.4 Å². The summed E-state index contributed by atoms with van der Waals surface area (Å²) in [6, 6.07) is 7.53. The first-order valence-electron chi connectivity index (χ1n) is 6.70. The molecule has 0 aliphatic carbocycles. The van der Waals surface area contributed by atoms with Gasteiger partial charge in [0.25, 0.3) is 0 Å². The highest BCUT2D eigenvalue weighted by atomic mass is 19.4. The molecule has 0 aliphatic heterocycles. The Balaban J connectivity index is 0.000000240. The minimum absolute atomic E-state index is 0.0880. The molecule has 132 valence electrons. The third-order valence-electron chi connectivity index (χ3n) is 3.36. The summed E-state index contributed by atoms with van der Waals surface area (Å²) in [6.07, 6.45) is -8.61. The zero-order valence-corrected chi connectivity index (χ0v) is 12.9. The fraction of sp³-hybridized carbons (Fsp3) is 0.250. The molecule has 0 aromatic heterocycles. The van der Waals surface area contributed by atoms with E-state index in [1.165, 1.54) is 38.1 Å². The maximum atomic E-state index is 12.2. The van der Waals surface area contributed by atoms with Crippen LogP contribution in [0, 0.1) is 13.8 Å². The molecular formula is C16H16F6N2. The van der Waals surface area contributed by atoms with Crippen LogP contribution in [0.1, 0.15) is 22.3 Å². The van der Waals surface area contributed by atoms with Crippen molar-refractivity contribution in [3.63, 3.8) is 0 Å². The van der Waals surface area contributed by atoms with Gasteiger partial charge in [0.05, 0.1) is 11.1 Å². The van der Waals surface area contributed by atoms with Gasteiger partial charge in [0.2, 0.25) is 0 Å². The molecule has 2 rings (SSSR count). The van der Waals surface area contributed by atoms with E-state index in [4.69, 9.17) is 11.5 Å². The third kappa shape index (κ3) is 4.81. The van der Waals surface area contributed by atoms with Gasteiger partial charge in [-0.1, -0.05) is 12.1 Å². The van der Waals surface area contributed by atoms with E-state index < -0.39 is 23.5 Å². The van der Waals surface area contributed by atoms with E-state index >= 15 is 0 Å². The molecule has 0 saturated heterocycles. The van der Waals surface area contributed by atoms with Crippen LogP contribution in [-0.4, -0.2) is 0 Å². The number of anilines is 2. The molecule has 2 aromatic carbocycles. The van der Waals surface area contributed by atoms with Crippen LogP contribution in [-0.2, 0) is 12.4 Å². The van der Waals surface area contributed by atoms with E-state index in [0.717, 1.165) is 12.1 Å². The van der Waals surface area contributed by atoms with E-state index in [0.29, 0.717) is 0 Å². The van der Waals surface area contributed by atoms with E-state index in [-0.39, 0.29) is 22.5 Å². The zero-order chi connectivity index (χ0) is 18.7. The summed E-state index contributed by atoms with van der Waals surface area (Å²) < 4.78 is 73.0. The summed E-state index contributed by atoms with van der Waals surface area (Å²) in [5.74, 6) is 0. The van der Waals surface area contributed by atoms with Crippen LogP contribution >= 0.6 is 0 Å². The van der Waals surface area contributed by atoms with E-state index in [2.05, 4.69) is 0 Å². The predicted octanol–water partition coefficient (Wildman–Crippen LogP) is 5.19. The summed E-state index contributed by atoms with van der Waals surface area (Å²) in [6.45, 7) is 2.72. The third-order valence-corrected chi connectivity index (χ3v) is 3.36. The van der Waals surface area contributed by atoms with E-state index in [1.807, 2.05) is 0 Å². The predicted molar refractivity (Wildman–Crippen MR) is 81.2 cm³/mol. The lowest BCUT2D eigenvalue weighted by molar-refractivity contribution is -0.138. The molecule has 0 unspecified atom stereocenters. The molecule has 0 spiro atoms. The number of nitrogens with two attached hydrogens (primary N) is 2. The quantitative estimate of drug-likeness (QED) is 0.507. The molecule has 2 aromatic rings. The molecule has 0 fully saturated rings. The van der Waals surface area contributed by atoms with Crippen molar-refractivity contribution in [1.82, 2.24) is 0 Å². The van der Waals surface area contributed by atoms with E-state index in [9.17, 15) is 26.3 Å². The Morgan fingerprint density at radius 2 is 0.917 bits per heavy atom. The van der Waals surface area contributed by atoms with Crippen LogP contribution in [0.25, 0.3) is 0 Å². The monoisotopic (exact) mass is 350 g/mol. The van der Waals surface area contributed by atoms with Crippen molar-refractivity contribution < 1.29 is 26.3 Å². The lowest BCUT2D eigenvalue weighted by atomic mass is 10.1. The van der Waals surface area contributed by atoms with Gasteiger partial charge in [-0.25, -0.2) is 0 Å². The molecule has 2 nitrogen and oxygen atoms in total. The van der Waals surface area contributed by atoms with E-state index in [1.54, 1.807) is 0 Å². The Kier molecular flexibility index (Phi) is 5.75. The van der Waals surface area contributed by atoms with Gasteiger partial charge in [0, 0.05) is 11.4 Å². The average Bonchev–Trinajstić information content (AvgIpc) is 2.43. The molecule has 24 heavy (non-hydrogen) atoms. The smallest absolute Gasteiger partial charge is 0.399 e. The summed E-state index contributed by atoms with van der Waals surface area (Å²) in [5, 5.41) is 0. The van der Waals surface area contributed by atoms with Crippen LogP contribution < -0.4 is 11.5 Å². The number of halogens is 6. The Morgan fingerprint density at radius 1 is 0.625 bits per heavy atom. The first-order chi connectivity index (χ1) is 10.9. The number of hydrogen-bond donors (Lipinski definition) is 2. The number of nitrogen functional groups attached to an aromatic ring is 2. The second kappa shape index (κ2) is 7.02. The zero-order valence-electron chi connectivity index (χ0n) is 12.9. The topological polar surface area (TPSA) is 52.0 Å². The Bertz CT molecular complexity index is 643. The van der Waals surface area contributed by atoms with Gasteiger partial charge < -0.3 is 11.5 Å². The molecule has 0 radical (unpaired) electrons. The second-order valence-electron chi connectivity index (χ2n) is 5.04. The number of benzene rings is 2. The SMILES string of the molecule is Cc1c(N)cccc1C(F)(F)F.Cc1c(N)cccc1C(F)(F)F. The maximum absolute atomic E-state index is 12.2.